The Labute approximate surface area is 127 Å². The van der Waals surface area contributed by atoms with Crippen molar-refractivity contribution in [2.24, 2.45) is 0 Å². The number of aliphatic hydroxyl groups is 1. The number of urea groups is 1. The van der Waals surface area contributed by atoms with E-state index in [1.54, 1.807) is 23.1 Å². The zero-order valence-electron chi connectivity index (χ0n) is 11.7. The van der Waals surface area contributed by atoms with E-state index in [-0.39, 0.29) is 12.6 Å². The number of carbonyl (C=O) groups is 1. The third kappa shape index (κ3) is 3.74. The molecule has 0 fully saturated rings. The van der Waals surface area contributed by atoms with Crippen LogP contribution in [0, 0.1) is 0 Å². The average Bonchev–Trinajstić information content (AvgIpc) is 2.93. The highest BCUT2D eigenvalue weighted by Crippen LogP contribution is 2.20. The molecule has 2 amide bonds. The molecule has 7 heteroatoms. The van der Waals surface area contributed by atoms with E-state index < -0.39 is 0 Å². The van der Waals surface area contributed by atoms with Gasteiger partial charge in [0.1, 0.15) is 0 Å². The Morgan fingerprint density at radius 2 is 2.24 bits per heavy atom. The number of aromatic nitrogens is 2. The molecule has 21 heavy (non-hydrogen) atoms. The first-order valence-electron chi connectivity index (χ1n) is 6.62. The summed E-state index contributed by atoms with van der Waals surface area (Å²) < 4.78 is 1.60. The molecule has 0 aliphatic heterocycles. The number of likely N-dealkylation sites (N-methyl/N-ethyl adjacent to an activating group) is 1. The third-order valence-corrected chi connectivity index (χ3v) is 3.29. The molecule has 2 rings (SSSR count). The van der Waals surface area contributed by atoms with Crippen LogP contribution in [0.1, 0.15) is 6.92 Å². The summed E-state index contributed by atoms with van der Waals surface area (Å²) in [6, 6.07) is 7.04. The molecule has 112 valence electrons. The summed E-state index contributed by atoms with van der Waals surface area (Å²) in [6.45, 7) is 2.59. The van der Waals surface area contributed by atoms with Crippen molar-refractivity contribution in [3.63, 3.8) is 0 Å². The molecular weight excluding hydrogens is 292 g/mol. The van der Waals surface area contributed by atoms with Crippen molar-refractivity contribution in [1.29, 1.82) is 0 Å². The van der Waals surface area contributed by atoms with Crippen molar-refractivity contribution >= 4 is 23.3 Å². The van der Waals surface area contributed by atoms with E-state index in [0.717, 1.165) is 5.69 Å². The quantitative estimate of drug-likeness (QED) is 0.891. The fourth-order valence-corrected chi connectivity index (χ4v) is 2.11. The van der Waals surface area contributed by atoms with Crippen LogP contribution < -0.4 is 5.32 Å². The van der Waals surface area contributed by atoms with E-state index in [1.807, 2.05) is 25.1 Å². The van der Waals surface area contributed by atoms with Crippen molar-refractivity contribution in [3.8, 4) is 5.69 Å². The summed E-state index contributed by atoms with van der Waals surface area (Å²) in [7, 11) is 0. The van der Waals surface area contributed by atoms with Gasteiger partial charge in [0.25, 0.3) is 0 Å². The number of hydrogen-bond donors (Lipinski definition) is 2. The summed E-state index contributed by atoms with van der Waals surface area (Å²) in [5.74, 6) is 0. The van der Waals surface area contributed by atoms with Crippen LogP contribution in [0.15, 0.2) is 36.7 Å². The molecule has 2 aromatic rings. The smallest absolute Gasteiger partial charge is 0.322 e. The number of para-hydroxylation sites is 1. The summed E-state index contributed by atoms with van der Waals surface area (Å²) in [5.41, 5.74) is 1.30. The van der Waals surface area contributed by atoms with Crippen molar-refractivity contribution < 1.29 is 9.90 Å². The Morgan fingerprint density at radius 3 is 2.90 bits per heavy atom. The van der Waals surface area contributed by atoms with Gasteiger partial charge >= 0.3 is 6.03 Å². The lowest BCUT2D eigenvalue weighted by atomic mass is 10.3. The zero-order valence-corrected chi connectivity index (χ0v) is 12.4. The number of hydrogen-bond acceptors (Lipinski definition) is 3. The van der Waals surface area contributed by atoms with Gasteiger partial charge in [0, 0.05) is 13.1 Å². The van der Waals surface area contributed by atoms with Gasteiger partial charge < -0.3 is 15.3 Å². The second kappa shape index (κ2) is 7.10. The van der Waals surface area contributed by atoms with Crippen LogP contribution in [-0.2, 0) is 0 Å². The molecule has 0 aliphatic carbocycles. The lowest BCUT2D eigenvalue weighted by molar-refractivity contribution is 0.192. The number of benzene rings is 1. The number of rotatable bonds is 5. The normalized spacial score (nSPS) is 10.4. The second-order valence-electron chi connectivity index (χ2n) is 4.36. The first-order valence-corrected chi connectivity index (χ1v) is 7.00. The second-order valence-corrected chi connectivity index (χ2v) is 4.77. The van der Waals surface area contributed by atoms with E-state index in [2.05, 4.69) is 10.4 Å². The molecule has 1 aromatic heterocycles. The first-order chi connectivity index (χ1) is 10.2. The molecule has 0 radical (unpaired) electrons. The van der Waals surface area contributed by atoms with Crippen LogP contribution in [-0.4, -0.2) is 45.5 Å². The number of anilines is 1. The lowest BCUT2D eigenvalue weighted by Crippen LogP contribution is -2.36. The van der Waals surface area contributed by atoms with E-state index in [9.17, 15) is 4.79 Å². The third-order valence-electron chi connectivity index (χ3n) is 2.97. The molecule has 0 saturated carbocycles. The topological polar surface area (TPSA) is 70.4 Å². The van der Waals surface area contributed by atoms with Crippen LogP contribution >= 0.6 is 11.6 Å². The SMILES string of the molecule is CCN(CCO)C(=O)Nc1cnn(-c2ccccc2Cl)c1. The molecule has 1 aromatic carbocycles. The Kier molecular flexibility index (Phi) is 5.19. The molecule has 6 nitrogen and oxygen atoms in total. The maximum Gasteiger partial charge on any atom is 0.322 e. The van der Waals surface area contributed by atoms with Gasteiger partial charge in [-0.2, -0.15) is 5.10 Å². The van der Waals surface area contributed by atoms with E-state index in [0.29, 0.717) is 23.8 Å². The molecule has 0 aliphatic rings. The highest BCUT2D eigenvalue weighted by Gasteiger charge is 2.12. The predicted octanol–water partition coefficient (Wildman–Crippen LogP) is 2.37. The van der Waals surface area contributed by atoms with Gasteiger partial charge in [0.15, 0.2) is 0 Å². The number of amides is 2. The van der Waals surface area contributed by atoms with Gasteiger partial charge in [0.05, 0.1) is 35.4 Å². The van der Waals surface area contributed by atoms with Crippen LogP contribution in [0.3, 0.4) is 0 Å². The first kappa shape index (κ1) is 15.3. The van der Waals surface area contributed by atoms with Gasteiger partial charge in [-0.05, 0) is 19.1 Å². The van der Waals surface area contributed by atoms with Crippen molar-refractivity contribution in [2.75, 3.05) is 25.0 Å². The summed E-state index contributed by atoms with van der Waals surface area (Å²) in [6.07, 6.45) is 3.24. The minimum atomic E-state index is -0.273. The monoisotopic (exact) mass is 308 g/mol. The number of nitrogens with one attached hydrogen (secondary N) is 1. The van der Waals surface area contributed by atoms with Crippen molar-refractivity contribution in [3.05, 3.63) is 41.7 Å². The zero-order chi connectivity index (χ0) is 15.2. The Hall–Kier alpha value is -2.05. The molecule has 0 saturated heterocycles. The molecule has 1 heterocycles. The lowest BCUT2D eigenvalue weighted by Gasteiger charge is -2.19. The van der Waals surface area contributed by atoms with Gasteiger partial charge in [0.2, 0.25) is 0 Å². The molecular formula is C14H17ClN4O2. The van der Waals surface area contributed by atoms with Crippen LogP contribution in [0.5, 0.6) is 0 Å². The maximum atomic E-state index is 12.0. The van der Waals surface area contributed by atoms with Gasteiger partial charge in [-0.3, -0.25) is 0 Å². The van der Waals surface area contributed by atoms with Crippen LogP contribution in [0.25, 0.3) is 5.69 Å². The van der Waals surface area contributed by atoms with Crippen LogP contribution in [0.4, 0.5) is 10.5 Å². The number of halogens is 1. The number of nitrogens with zero attached hydrogens (tertiary/aromatic N) is 3. The van der Waals surface area contributed by atoms with Crippen LogP contribution in [0.2, 0.25) is 5.02 Å². The summed E-state index contributed by atoms with van der Waals surface area (Å²) in [4.78, 5) is 13.5. The highest BCUT2D eigenvalue weighted by molar-refractivity contribution is 6.32. The van der Waals surface area contributed by atoms with Gasteiger partial charge in [-0.15, -0.1) is 0 Å². The van der Waals surface area contributed by atoms with Crippen molar-refractivity contribution in [2.45, 2.75) is 6.92 Å². The molecule has 0 bridgehead atoms. The Morgan fingerprint density at radius 1 is 1.48 bits per heavy atom. The standard InChI is InChI=1S/C14H17ClN4O2/c1-2-18(7-8-20)14(21)17-11-9-16-19(10-11)13-6-4-3-5-12(13)15/h3-6,9-10,20H,2,7-8H2,1H3,(H,17,21). The summed E-state index contributed by atoms with van der Waals surface area (Å²) >= 11 is 6.10. The van der Waals surface area contributed by atoms with E-state index >= 15 is 0 Å². The highest BCUT2D eigenvalue weighted by atomic mass is 35.5. The molecule has 0 unspecified atom stereocenters. The molecule has 0 spiro atoms. The maximum absolute atomic E-state index is 12.0. The minimum Gasteiger partial charge on any atom is -0.395 e. The van der Waals surface area contributed by atoms with E-state index in [4.69, 9.17) is 16.7 Å². The van der Waals surface area contributed by atoms with Crippen molar-refractivity contribution in [1.82, 2.24) is 14.7 Å². The fourth-order valence-electron chi connectivity index (χ4n) is 1.88. The average molecular weight is 309 g/mol. The fraction of sp³-hybridized carbons (Fsp3) is 0.286. The molecule has 0 atom stereocenters. The Balaban J connectivity index is 2.10. The minimum absolute atomic E-state index is 0.0693. The van der Waals surface area contributed by atoms with E-state index in [1.165, 1.54) is 4.90 Å². The number of aliphatic hydroxyl groups excluding tert-OH is 1. The van der Waals surface area contributed by atoms with Gasteiger partial charge in [-0.25, -0.2) is 9.48 Å². The predicted molar refractivity (Wildman–Crippen MR) is 81.9 cm³/mol. The van der Waals surface area contributed by atoms with Gasteiger partial charge in [-0.1, -0.05) is 23.7 Å². The summed E-state index contributed by atoms with van der Waals surface area (Å²) in [5, 5.41) is 16.4. The molecule has 2 N–H and O–H groups in total. The Bertz CT molecular complexity index is 615. The number of carbonyl (C=O) groups excluding carboxylic acids is 1. The largest absolute Gasteiger partial charge is 0.395 e.